The molecule has 5 rings (SSSR count). The van der Waals surface area contributed by atoms with Crippen LogP contribution in [-0.4, -0.2) is 34.2 Å². The van der Waals surface area contributed by atoms with Crippen molar-refractivity contribution >= 4 is 63.6 Å². The number of aromatic nitrogens is 1. The van der Waals surface area contributed by atoms with Crippen molar-refractivity contribution in [3.63, 3.8) is 0 Å². The Labute approximate surface area is 245 Å². The lowest BCUT2D eigenvalue weighted by atomic mass is 9.95. The molecule has 2 aromatic heterocycles. The number of hydrogen-bond donors (Lipinski definition) is 3. The standard InChI is InChI=1S/C28H31ClFN5O3S2/c29-19-15-18(12-13-20(19)30)35(24(21-11-6-14-39-21)27(37)33-17-9-4-5-10-17)28(38)25-22(31)23(34-40-25)26(36)32-16-7-2-1-3-8-16/h6,11-17,24H,1-5,7-10,31H2,(H,32,36)(H,33,37)/t24-/m0/s1. The molecule has 0 spiro atoms. The zero-order chi connectivity index (χ0) is 28.2. The molecule has 0 radical (unpaired) electrons. The maximum absolute atomic E-state index is 14.2. The summed E-state index contributed by atoms with van der Waals surface area (Å²) in [6, 6.07) is 6.41. The molecule has 2 heterocycles. The Bertz CT molecular complexity index is 1370. The second-order valence-corrected chi connectivity index (χ2v) is 12.4. The van der Waals surface area contributed by atoms with Crippen LogP contribution in [0, 0.1) is 5.82 Å². The van der Waals surface area contributed by atoms with Crippen molar-refractivity contribution in [1.29, 1.82) is 0 Å². The van der Waals surface area contributed by atoms with Crippen LogP contribution >= 0.6 is 34.5 Å². The van der Waals surface area contributed by atoms with E-state index in [0.29, 0.717) is 4.88 Å². The molecule has 0 saturated heterocycles. The summed E-state index contributed by atoms with van der Waals surface area (Å²) in [5, 5.41) is 7.70. The highest BCUT2D eigenvalue weighted by Gasteiger charge is 2.38. The number of thiophene rings is 1. The molecule has 2 aliphatic carbocycles. The van der Waals surface area contributed by atoms with Gasteiger partial charge in [0.15, 0.2) is 11.7 Å². The molecule has 0 unspecified atom stereocenters. The minimum Gasteiger partial charge on any atom is -0.395 e. The molecule has 1 aromatic carbocycles. The quantitative estimate of drug-likeness (QED) is 0.288. The number of halogens is 2. The van der Waals surface area contributed by atoms with Gasteiger partial charge in [-0.2, -0.15) is 4.37 Å². The van der Waals surface area contributed by atoms with Gasteiger partial charge >= 0.3 is 0 Å². The van der Waals surface area contributed by atoms with Crippen LogP contribution < -0.4 is 21.3 Å². The van der Waals surface area contributed by atoms with Crippen molar-refractivity contribution in [2.75, 3.05) is 10.6 Å². The number of anilines is 2. The summed E-state index contributed by atoms with van der Waals surface area (Å²) >= 11 is 8.25. The minimum absolute atomic E-state index is 0.00674. The van der Waals surface area contributed by atoms with E-state index in [0.717, 1.165) is 75.4 Å². The smallest absolute Gasteiger partial charge is 0.273 e. The maximum atomic E-state index is 14.2. The molecular weight excluding hydrogens is 573 g/mol. The molecule has 1 atom stereocenters. The predicted molar refractivity (Wildman–Crippen MR) is 157 cm³/mol. The van der Waals surface area contributed by atoms with Crippen LogP contribution in [0.2, 0.25) is 5.02 Å². The third-order valence-corrected chi connectivity index (χ3v) is 9.56. The largest absolute Gasteiger partial charge is 0.395 e. The van der Waals surface area contributed by atoms with Crippen LogP contribution in [0.15, 0.2) is 35.7 Å². The molecule has 2 saturated carbocycles. The van der Waals surface area contributed by atoms with E-state index in [9.17, 15) is 18.8 Å². The fourth-order valence-corrected chi connectivity index (χ4v) is 7.14. The zero-order valence-corrected chi connectivity index (χ0v) is 24.2. The van der Waals surface area contributed by atoms with Crippen molar-refractivity contribution in [2.45, 2.75) is 75.9 Å². The maximum Gasteiger partial charge on any atom is 0.273 e. The molecule has 4 N–H and O–H groups in total. The normalized spacial score (nSPS) is 16.9. The van der Waals surface area contributed by atoms with Gasteiger partial charge in [0.1, 0.15) is 10.7 Å². The minimum atomic E-state index is -1.07. The molecule has 8 nitrogen and oxygen atoms in total. The van der Waals surface area contributed by atoms with Crippen LogP contribution in [0.3, 0.4) is 0 Å². The molecule has 3 aromatic rings. The Morgan fingerprint density at radius 3 is 2.35 bits per heavy atom. The molecule has 212 valence electrons. The van der Waals surface area contributed by atoms with Gasteiger partial charge in [0.25, 0.3) is 11.8 Å². The van der Waals surface area contributed by atoms with Gasteiger partial charge in [0, 0.05) is 22.6 Å². The van der Waals surface area contributed by atoms with E-state index in [1.54, 1.807) is 12.1 Å². The molecule has 40 heavy (non-hydrogen) atoms. The number of carbonyl (C=O) groups excluding carboxylic acids is 3. The summed E-state index contributed by atoms with van der Waals surface area (Å²) in [5.74, 6) is -2.07. The van der Waals surface area contributed by atoms with Crippen LogP contribution in [0.5, 0.6) is 0 Å². The van der Waals surface area contributed by atoms with Crippen LogP contribution in [0.25, 0.3) is 0 Å². The summed E-state index contributed by atoms with van der Waals surface area (Å²) in [6.07, 6.45) is 8.78. The van der Waals surface area contributed by atoms with E-state index < -0.39 is 23.7 Å². The third-order valence-electron chi connectivity index (χ3n) is 7.50. The van der Waals surface area contributed by atoms with Gasteiger partial charge in [-0.05, 0) is 66.9 Å². The van der Waals surface area contributed by atoms with Crippen molar-refractivity contribution in [3.05, 3.63) is 62.0 Å². The Morgan fingerprint density at radius 2 is 1.70 bits per heavy atom. The van der Waals surface area contributed by atoms with E-state index in [1.807, 2.05) is 5.38 Å². The lowest BCUT2D eigenvalue weighted by molar-refractivity contribution is -0.123. The average molecular weight is 604 g/mol. The summed E-state index contributed by atoms with van der Waals surface area (Å²) in [7, 11) is 0. The van der Waals surface area contributed by atoms with Gasteiger partial charge < -0.3 is 16.4 Å². The first kappa shape index (κ1) is 28.5. The van der Waals surface area contributed by atoms with E-state index >= 15 is 0 Å². The van der Waals surface area contributed by atoms with Gasteiger partial charge in [0.2, 0.25) is 5.91 Å². The van der Waals surface area contributed by atoms with Gasteiger partial charge in [-0.1, -0.05) is 49.8 Å². The van der Waals surface area contributed by atoms with Crippen LogP contribution in [0.4, 0.5) is 15.8 Å². The van der Waals surface area contributed by atoms with E-state index in [-0.39, 0.29) is 45.0 Å². The summed E-state index contributed by atoms with van der Waals surface area (Å²) in [6.45, 7) is 0. The van der Waals surface area contributed by atoms with Crippen molar-refractivity contribution < 1.29 is 18.8 Å². The first-order valence-electron chi connectivity index (χ1n) is 13.5. The van der Waals surface area contributed by atoms with E-state index in [2.05, 4.69) is 15.0 Å². The summed E-state index contributed by atoms with van der Waals surface area (Å²) < 4.78 is 18.4. The van der Waals surface area contributed by atoms with Gasteiger partial charge in [-0.15, -0.1) is 11.3 Å². The van der Waals surface area contributed by atoms with Gasteiger partial charge in [-0.3, -0.25) is 19.3 Å². The summed E-state index contributed by atoms with van der Waals surface area (Å²) in [5.41, 5.74) is 6.51. The van der Waals surface area contributed by atoms with Crippen molar-refractivity contribution in [3.8, 4) is 0 Å². The highest BCUT2D eigenvalue weighted by molar-refractivity contribution is 7.10. The number of amides is 3. The summed E-state index contributed by atoms with van der Waals surface area (Å²) in [4.78, 5) is 43.0. The highest BCUT2D eigenvalue weighted by atomic mass is 35.5. The number of nitrogen functional groups attached to an aromatic ring is 1. The first-order chi connectivity index (χ1) is 19.3. The zero-order valence-electron chi connectivity index (χ0n) is 21.8. The van der Waals surface area contributed by atoms with Gasteiger partial charge in [-0.25, -0.2) is 4.39 Å². The molecule has 0 aliphatic heterocycles. The lowest BCUT2D eigenvalue weighted by Gasteiger charge is -2.31. The molecule has 2 fully saturated rings. The van der Waals surface area contributed by atoms with Crippen molar-refractivity contribution in [1.82, 2.24) is 15.0 Å². The van der Waals surface area contributed by atoms with Crippen molar-refractivity contribution in [2.24, 2.45) is 0 Å². The number of carbonyl (C=O) groups is 3. The molecule has 3 amide bonds. The number of rotatable bonds is 8. The third kappa shape index (κ3) is 6.16. The molecular formula is C28H31ClFN5O3S2. The predicted octanol–water partition coefficient (Wildman–Crippen LogP) is 6.09. The topological polar surface area (TPSA) is 117 Å². The molecule has 0 bridgehead atoms. The second-order valence-electron chi connectivity index (χ2n) is 10.3. The number of hydrogen-bond acceptors (Lipinski definition) is 7. The SMILES string of the molecule is Nc1c(C(=O)NC2CCCCC2)nsc1C(=O)N(c1ccc(F)c(Cl)c1)[C@H](C(=O)NC1CCCC1)c1cccs1. The number of nitrogens with zero attached hydrogens (tertiary/aromatic N) is 2. The Morgan fingerprint density at radius 1 is 1.02 bits per heavy atom. The Balaban J connectivity index is 1.51. The molecule has 2 aliphatic rings. The van der Waals surface area contributed by atoms with Gasteiger partial charge in [0.05, 0.1) is 10.7 Å². The van der Waals surface area contributed by atoms with E-state index in [1.165, 1.54) is 28.4 Å². The Kier molecular flexibility index (Phi) is 9.02. The Hall–Kier alpha value is -3.02. The average Bonchev–Trinajstić information content (AvgIpc) is 3.72. The fraction of sp³-hybridized carbons (Fsp3) is 0.429. The number of nitrogens with two attached hydrogens (primary N) is 1. The number of nitrogens with one attached hydrogen (secondary N) is 2. The second kappa shape index (κ2) is 12.7. The molecule has 12 heteroatoms. The van der Waals surface area contributed by atoms with Crippen LogP contribution in [0.1, 0.15) is 88.9 Å². The van der Waals surface area contributed by atoms with E-state index in [4.69, 9.17) is 17.3 Å². The monoisotopic (exact) mass is 603 g/mol. The van der Waals surface area contributed by atoms with Crippen LogP contribution in [-0.2, 0) is 4.79 Å². The first-order valence-corrected chi connectivity index (χ1v) is 15.5. The highest BCUT2D eigenvalue weighted by Crippen LogP contribution is 2.36. The fourth-order valence-electron chi connectivity index (χ4n) is 5.41. The number of benzene rings is 1. The lowest BCUT2D eigenvalue weighted by Crippen LogP contribution is -2.46.